The van der Waals surface area contributed by atoms with Gasteiger partial charge in [0, 0.05) is 19.0 Å². The molecule has 0 spiro atoms. The van der Waals surface area contributed by atoms with E-state index in [9.17, 15) is 4.79 Å². The van der Waals surface area contributed by atoms with Crippen molar-refractivity contribution in [3.05, 3.63) is 33.8 Å². The zero-order chi connectivity index (χ0) is 16.7. The van der Waals surface area contributed by atoms with Gasteiger partial charge in [-0.25, -0.2) is 4.79 Å². The second-order valence-electron chi connectivity index (χ2n) is 5.21. The number of ether oxygens (including phenoxy) is 3. The summed E-state index contributed by atoms with van der Waals surface area (Å²) in [6.07, 6.45) is -0.170. The molecule has 0 bridgehead atoms. The molecule has 1 fully saturated rings. The van der Waals surface area contributed by atoms with Crippen LogP contribution in [0.3, 0.4) is 0 Å². The van der Waals surface area contributed by atoms with Gasteiger partial charge in [0.2, 0.25) is 0 Å². The van der Waals surface area contributed by atoms with Crippen LogP contribution in [0, 0.1) is 0 Å². The predicted octanol–water partition coefficient (Wildman–Crippen LogP) is 2.65. The highest BCUT2D eigenvalue weighted by Crippen LogP contribution is 2.29. The fourth-order valence-electron chi connectivity index (χ4n) is 2.49. The Kier molecular flexibility index (Phi) is 7.59. The molecule has 1 aliphatic rings. The van der Waals surface area contributed by atoms with Crippen molar-refractivity contribution in [3.8, 4) is 0 Å². The monoisotopic (exact) mass is 361 g/mol. The number of hydrogen-bond donors (Lipinski definition) is 1. The molecule has 0 aliphatic carbocycles. The molecule has 0 amide bonds. The zero-order valence-electron chi connectivity index (χ0n) is 13.0. The fraction of sp³-hybridized carbons (Fsp3) is 0.562. The zero-order valence-corrected chi connectivity index (χ0v) is 14.5. The molecule has 7 heteroatoms. The first-order valence-corrected chi connectivity index (χ1v) is 8.38. The van der Waals surface area contributed by atoms with Crippen LogP contribution in [0.4, 0.5) is 0 Å². The van der Waals surface area contributed by atoms with Crippen LogP contribution in [-0.4, -0.2) is 51.6 Å². The minimum absolute atomic E-state index is 0.0643. The van der Waals surface area contributed by atoms with E-state index in [-0.39, 0.29) is 24.6 Å². The van der Waals surface area contributed by atoms with Gasteiger partial charge in [-0.1, -0.05) is 29.3 Å². The molecule has 1 heterocycles. The molecular formula is C16H21Cl2NO4. The van der Waals surface area contributed by atoms with Crippen LogP contribution in [0.25, 0.3) is 0 Å². The van der Waals surface area contributed by atoms with Crippen molar-refractivity contribution in [2.24, 2.45) is 0 Å². The Morgan fingerprint density at radius 1 is 1.39 bits per heavy atom. The summed E-state index contributed by atoms with van der Waals surface area (Å²) in [5, 5.41) is 4.37. The predicted molar refractivity (Wildman–Crippen MR) is 89.3 cm³/mol. The van der Waals surface area contributed by atoms with Crippen LogP contribution in [0.2, 0.25) is 10.0 Å². The van der Waals surface area contributed by atoms with E-state index in [2.05, 4.69) is 5.32 Å². The van der Waals surface area contributed by atoms with Crippen LogP contribution < -0.4 is 5.32 Å². The molecule has 1 aromatic carbocycles. The van der Waals surface area contributed by atoms with Gasteiger partial charge in [0.25, 0.3) is 0 Å². The highest BCUT2D eigenvalue weighted by atomic mass is 35.5. The van der Waals surface area contributed by atoms with Crippen LogP contribution in [-0.2, 0) is 19.0 Å². The Morgan fingerprint density at radius 2 is 2.22 bits per heavy atom. The van der Waals surface area contributed by atoms with E-state index in [4.69, 9.17) is 37.4 Å². The molecule has 2 atom stereocenters. The number of nitrogens with one attached hydrogen (secondary N) is 1. The van der Waals surface area contributed by atoms with Gasteiger partial charge < -0.3 is 19.5 Å². The Hall–Kier alpha value is -0.850. The largest absolute Gasteiger partial charge is 0.464 e. The Balaban J connectivity index is 2.01. The van der Waals surface area contributed by atoms with Crippen LogP contribution in [0.1, 0.15) is 18.4 Å². The average Bonchev–Trinajstić information content (AvgIpc) is 2.76. The highest BCUT2D eigenvalue weighted by molar-refractivity contribution is 6.42. The summed E-state index contributed by atoms with van der Waals surface area (Å²) in [6.45, 7) is 4.44. The molecule has 0 radical (unpaired) electrons. The molecule has 2 rings (SSSR count). The lowest BCUT2D eigenvalue weighted by atomic mass is 9.93. The lowest BCUT2D eigenvalue weighted by Gasteiger charge is -2.25. The summed E-state index contributed by atoms with van der Waals surface area (Å²) in [5.74, 6) is -0.306. The molecule has 2 unspecified atom stereocenters. The van der Waals surface area contributed by atoms with Crippen molar-refractivity contribution in [3.63, 3.8) is 0 Å². The Bertz CT molecular complexity index is 527. The van der Waals surface area contributed by atoms with Crippen molar-refractivity contribution in [1.29, 1.82) is 0 Å². The van der Waals surface area contributed by atoms with E-state index >= 15 is 0 Å². The lowest BCUT2D eigenvalue weighted by Crippen LogP contribution is -2.31. The number of rotatable bonds is 6. The normalized spacial score (nSPS) is 21.7. The van der Waals surface area contributed by atoms with Gasteiger partial charge >= 0.3 is 5.97 Å². The fourth-order valence-corrected chi connectivity index (χ4v) is 2.80. The standard InChI is InChI=1S/C16H21Cl2NO4/c1-2-22-16(20)10-21-9-15-12(8-19-5-6-23-15)11-3-4-13(17)14(18)7-11/h3-4,7,12,15,19H,2,5-6,8-10H2,1H3. The van der Waals surface area contributed by atoms with E-state index < -0.39 is 0 Å². The summed E-state index contributed by atoms with van der Waals surface area (Å²) >= 11 is 12.1. The summed E-state index contributed by atoms with van der Waals surface area (Å²) in [6, 6.07) is 5.57. The molecule has 1 aliphatic heterocycles. The van der Waals surface area contributed by atoms with Gasteiger partial charge in [-0.3, -0.25) is 0 Å². The molecule has 1 N–H and O–H groups in total. The third-order valence-corrected chi connectivity index (χ3v) is 4.34. The summed E-state index contributed by atoms with van der Waals surface area (Å²) in [5.41, 5.74) is 1.03. The van der Waals surface area contributed by atoms with Crippen molar-refractivity contribution in [2.75, 3.05) is 39.5 Å². The molecule has 128 valence electrons. The summed E-state index contributed by atoms with van der Waals surface area (Å²) < 4.78 is 16.2. The maximum atomic E-state index is 11.4. The van der Waals surface area contributed by atoms with Gasteiger partial charge in [-0.05, 0) is 24.6 Å². The molecule has 23 heavy (non-hydrogen) atoms. The lowest BCUT2D eigenvalue weighted by molar-refractivity contribution is -0.150. The van der Waals surface area contributed by atoms with Gasteiger partial charge in [-0.15, -0.1) is 0 Å². The highest BCUT2D eigenvalue weighted by Gasteiger charge is 2.27. The first kappa shape index (κ1) is 18.5. The SMILES string of the molecule is CCOC(=O)COCC1OCCNCC1c1ccc(Cl)c(Cl)c1. The second-order valence-corrected chi connectivity index (χ2v) is 6.03. The van der Waals surface area contributed by atoms with E-state index in [0.717, 1.165) is 18.7 Å². The number of carbonyl (C=O) groups excluding carboxylic acids is 1. The van der Waals surface area contributed by atoms with Crippen molar-refractivity contribution in [1.82, 2.24) is 5.32 Å². The molecule has 0 aromatic heterocycles. The summed E-state index contributed by atoms with van der Waals surface area (Å²) in [7, 11) is 0. The van der Waals surface area contributed by atoms with Gasteiger partial charge in [-0.2, -0.15) is 0 Å². The first-order chi connectivity index (χ1) is 11.1. The quantitative estimate of drug-likeness (QED) is 0.789. The Labute approximate surface area is 146 Å². The number of halogens is 2. The van der Waals surface area contributed by atoms with Gasteiger partial charge in [0.05, 0.1) is 36.0 Å². The third kappa shape index (κ3) is 5.62. The van der Waals surface area contributed by atoms with Crippen LogP contribution in [0.15, 0.2) is 18.2 Å². The van der Waals surface area contributed by atoms with E-state index in [0.29, 0.717) is 29.9 Å². The first-order valence-electron chi connectivity index (χ1n) is 7.62. The number of esters is 1. The smallest absolute Gasteiger partial charge is 0.332 e. The van der Waals surface area contributed by atoms with E-state index in [1.807, 2.05) is 12.1 Å². The van der Waals surface area contributed by atoms with Gasteiger partial charge in [0.15, 0.2) is 0 Å². The Morgan fingerprint density at radius 3 is 2.96 bits per heavy atom. The topological polar surface area (TPSA) is 56.8 Å². The number of hydrogen-bond acceptors (Lipinski definition) is 5. The van der Waals surface area contributed by atoms with Crippen molar-refractivity contribution in [2.45, 2.75) is 18.9 Å². The molecule has 1 aromatic rings. The maximum Gasteiger partial charge on any atom is 0.332 e. The minimum Gasteiger partial charge on any atom is -0.464 e. The maximum absolute atomic E-state index is 11.4. The average molecular weight is 362 g/mol. The molecular weight excluding hydrogens is 341 g/mol. The number of benzene rings is 1. The van der Waals surface area contributed by atoms with E-state index in [1.165, 1.54) is 0 Å². The van der Waals surface area contributed by atoms with Crippen LogP contribution >= 0.6 is 23.2 Å². The molecule has 1 saturated heterocycles. The van der Waals surface area contributed by atoms with Crippen molar-refractivity contribution < 1.29 is 19.0 Å². The minimum atomic E-state index is -0.370. The van der Waals surface area contributed by atoms with E-state index in [1.54, 1.807) is 13.0 Å². The van der Waals surface area contributed by atoms with Crippen molar-refractivity contribution >= 4 is 29.2 Å². The third-order valence-electron chi connectivity index (χ3n) is 3.60. The number of carbonyl (C=O) groups is 1. The van der Waals surface area contributed by atoms with Crippen LogP contribution in [0.5, 0.6) is 0 Å². The van der Waals surface area contributed by atoms with Gasteiger partial charge in [0.1, 0.15) is 6.61 Å². The molecule has 5 nitrogen and oxygen atoms in total. The summed E-state index contributed by atoms with van der Waals surface area (Å²) in [4.78, 5) is 11.4. The second kappa shape index (κ2) is 9.45. The molecule has 0 saturated carbocycles.